The van der Waals surface area contributed by atoms with Gasteiger partial charge in [-0.25, -0.2) is 9.07 Å². The second-order valence-electron chi connectivity index (χ2n) is 6.60. The zero-order valence-corrected chi connectivity index (χ0v) is 15.7. The van der Waals surface area contributed by atoms with E-state index in [9.17, 15) is 9.18 Å². The number of benzene rings is 2. The minimum atomic E-state index is -0.467. The Balaban J connectivity index is 1.58. The molecule has 0 saturated heterocycles. The van der Waals surface area contributed by atoms with E-state index in [2.05, 4.69) is 15.4 Å². The van der Waals surface area contributed by atoms with E-state index in [0.717, 1.165) is 22.3 Å². The van der Waals surface area contributed by atoms with Gasteiger partial charge in [-0.1, -0.05) is 0 Å². The molecule has 1 amide bonds. The van der Waals surface area contributed by atoms with Crippen LogP contribution in [0, 0.1) is 19.7 Å². The number of aromatic amines is 1. The van der Waals surface area contributed by atoms with Gasteiger partial charge >= 0.3 is 0 Å². The summed E-state index contributed by atoms with van der Waals surface area (Å²) in [6.45, 7) is 3.71. The fourth-order valence-electron chi connectivity index (χ4n) is 3.18. The van der Waals surface area contributed by atoms with Crippen molar-refractivity contribution < 1.29 is 13.9 Å². The van der Waals surface area contributed by atoms with E-state index in [1.54, 1.807) is 30.0 Å². The molecule has 0 saturated carbocycles. The van der Waals surface area contributed by atoms with E-state index in [-0.39, 0.29) is 5.91 Å². The number of carbonyl (C=O) groups excluding carboxylic acids is 1. The summed E-state index contributed by atoms with van der Waals surface area (Å²) in [7, 11) is 1.59. The molecule has 0 spiro atoms. The monoisotopic (exact) mass is 378 g/mol. The summed E-state index contributed by atoms with van der Waals surface area (Å²) in [4.78, 5) is 15.6. The second-order valence-corrected chi connectivity index (χ2v) is 6.60. The van der Waals surface area contributed by atoms with Gasteiger partial charge in [0.15, 0.2) is 5.82 Å². The van der Waals surface area contributed by atoms with Crippen molar-refractivity contribution in [3.05, 3.63) is 71.4 Å². The van der Waals surface area contributed by atoms with Gasteiger partial charge in [-0.05, 0) is 56.3 Å². The lowest BCUT2D eigenvalue weighted by atomic mass is 10.2. The molecule has 4 aromatic rings. The van der Waals surface area contributed by atoms with Crippen molar-refractivity contribution in [3.8, 4) is 11.4 Å². The molecule has 2 aromatic heterocycles. The predicted octanol–water partition coefficient (Wildman–Crippen LogP) is 4.37. The third-order valence-corrected chi connectivity index (χ3v) is 4.52. The number of halogens is 1. The number of fused-ring (bicyclic) bond motifs is 1. The maximum absolute atomic E-state index is 14.6. The van der Waals surface area contributed by atoms with E-state index in [0.29, 0.717) is 22.8 Å². The molecular weight excluding hydrogens is 359 g/mol. The van der Waals surface area contributed by atoms with Gasteiger partial charge < -0.3 is 15.0 Å². The number of anilines is 1. The van der Waals surface area contributed by atoms with E-state index in [1.807, 2.05) is 38.1 Å². The van der Waals surface area contributed by atoms with Gasteiger partial charge in [-0.15, -0.1) is 0 Å². The number of aryl methyl sites for hydroxylation is 2. The maximum Gasteiger partial charge on any atom is 0.272 e. The average molecular weight is 378 g/mol. The highest BCUT2D eigenvalue weighted by molar-refractivity contribution is 6.06. The Labute approximate surface area is 160 Å². The summed E-state index contributed by atoms with van der Waals surface area (Å²) in [5.74, 6) is -0.123. The summed E-state index contributed by atoms with van der Waals surface area (Å²) in [6.07, 6.45) is 0. The summed E-state index contributed by atoms with van der Waals surface area (Å²) in [5, 5.41) is 7.89. The Morgan fingerprint density at radius 1 is 1.14 bits per heavy atom. The highest BCUT2D eigenvalue weighted by Gasteiger charge is 2.13. The van der Waals surface area contributed by atoms with Crippen LogP contribution in [0.3, 0.4) is 0 Å². The summed E-state index contributed by atoms with van der Waals surface area (Å²) >= 11 is 0. The van der Waals surface area contributed by atoms with Gasteiger partial charge in [-0.3, -0.25) is 4.79 Å². The van der Waals surface area contributed by atoms with E-state index >= 15 is 0 Å². The van der Waals surface area contributed by atoms with Crippen LogP contribution in [-0.4, -0.2) is 27.8 Å². The molecule has 2 N–H and O–H groups in total. The molecule has 0 aliphatic carbocycles. The molecule has 0 fully saturated rings. The van der Waals surface area contributed by atoms with Crippen molar-refractivity contribution in [2.45, 2.75) is 13.8 Å². The van der Waals surface area contributed by atoms with Crippen LogP contribution in [0.2, 0.25) is 0 Å². The summed E-state index contributed by atoms with van der Waals surface area (Å²) in [6, 6.07) is 13.7. The lowest BCUT2D eigenvalue weighted by Crippen LogP contribution is -2.13. The fraction of sp³-hybridized carbons (Fsp3) is 0.143. The van der Waals surface area contributed by atoms with Crippen LogP contribution in [0.25, 0.3) is 16.6 Å². The Kier molecular flexibility index (Phi) is 4.35. The number of carbonyl (C=O) groups is 1. The zero-order valence-electron chi connectivity index (χ0n) is 15.7. The molecule has 28 heavy (non-hydrogen) atoms. The number of hydrogen-bond donors (Lipinski definition) is 2. The number of nitrogens with zero attached hydrogens (tertiary/aromatic N) is 2. The molecule has 0 aliphatic heterocycles. The van der Waals surface area contributed by atoms with Gasteiger partial charge in [0.05, 0.1) is 12.8 Å². The summed E-state index contributed by atoms with van der Waals surface area (Å²) in [5.41, 5.74) is 3.51. The quantitative estimate of drug-likeness (QED) is 0.554. The number of ether oxygens (including phenoxy) is 1. The van der Waals surface area contributed by atoms with Crippen LogP contribution < -0.4 is 10.1 Å². The first-order chi connectivity index (χ1) is 13.4. The number of aromatic nitrogens is 3. The Morgan fingerprint density at radius 2 is 1.96 bits per heavy atom. The molecule has 2 aromatic carbocycles. The van der Waals surface area contributed by atoms with Crippen molar-refractivity contribution >= 4 is 22.5 Å². The zero-order chi connectivity index (χ0) is 19.8. The minimum absolute atomic E-state index is 0.335. The number of hydrogen-bond acceptors (Lipinski definition) is 3. The van der Waals surface area contributed by atoms with E-state index < -0.39 is 5.82 Å². The first-order valence-electron chi connectivity index (χ1n) is 8.76. The lowest BCUT2D eigenvalue weighted by Gasteiger charge is -2.09. The highest BCUT2D eigenvalue weighted by Crippen LogP contribution is 2.23. The number of amides is 1. The Bertz CT molecular complexity index is 1190. The maximum atomic E-state index is 14.6. The van der Waals surface area contributed by atoms with E-state index in [4.69, 9.17) is 4.74 Å². The molecule has 0 bridgehead atoms. The molecule has 2 heterocycles. The molecule has 142 valence electrons. The van der Waals surface area contributed by atoms with Crippen molar-refractivity contribution in [2.24, 2.45) is 0 Å². The van der Waals surface area contributed by atoms with Crippen molar-refractivity contribution in [1.82, 2.24) is 14.8 Å². The first kappa shape index (κ1) is 17.8. The van der Waals surface area contributed by atoms with Crippen molar-refractivity contribution in [2.75, 3.05) is 12.4 Å². The van der Waals surface area contributed by atoms with Crippen LogP contribution in [0.4, 0.5) is 10.1 Å². The number of methoxy groups -OCH3 is 1. The van der Waals surface area contributed by atoms with Crippen LogP contribution >= 0.6 is 0 Å². The highest BCUT2D eigenvalue weighted by atomic mass is 19.1. The third kappa shape index (κ3) is 3.22. The van der Waals surface area contributed by atoms with Crippen LogP contribution in [0.1, 0.15) is 21.9 Å². The van der Waals surface area contributed by atoms with Gasteiger partial charge in [0.25, 0.3) is 5.91 Å². The Hall–Kier alpha value is -3.61. The van der Waals surface area contributed by atoms with Crippen molar-refractivity contribution in [3.63, 3.8) is 0 Å². The molecular formula is C21H19FN4O2. The standard InChI is InChI=1S/C21H19FN4O2/c1-12-8-13(2)26(25-12)20-7-5-15(10-17(20)22)23-21(27)19-9-14-4-6-16(28-3)11-18(14)24-19/h4-11,24H,1-3H3,(H,23,27). The normalized spacial score (nSPS) is 11.0. The second kappa shape index (κ2) is 6.84. The topological polar surface area (TPSA) is 71.9 Å². The van der Waals surface area contributed by atoms with Crippen LogP contribution in [0.15, 0.2) is 48.5 Å². The number of nitrogens with one attached hydrogen (secondary N) is 2. The number of H-pyrrole nitrogens is 1. The summed E-state index contributed by atoms with van der Waals surface area (Å²) < 4.78 is 21.3. The van der Waals surface area contributed by atoms with Crippen LogP contribution in [-0.2, 0) is 0 Å². The van der Waals surface area contributed by atoms with Gasteiger partial charge in [0.2, 0.25) is 0 Å². The van der Waals surface area contributed by atoms with Gasteiger partial charge in [-0.2, -0.15) is 5.10 Å². The average Bonchev–Trinajstić information content (AvgIpc) is 3.23. The SMILES string of the molecule is COc1ccc2cc(C(=O)Nc3ccc(-n4nc(C)cc4C)c(F)c3)[nH]c2c1. The molecule has 7 heteroatoms. The largest absolute Gasteiger partial charge is 0.497 e. The third-order valence-electron chi connectivity index (χ3n) is 4.52. The molecule has 0 radical (unpaired) electrons. The first-order valence-corrected chi connectivity index (χ1v) is 8.76. The van der Waals surface area contributed by atoms with Gasteiger partial charge in [0, 0.05) is 28.4 Å². The molecule has 6 nitrogen and oxygen atoms in total. The molecule has 4 rings (SSSR count). The lowest BCUT2D eigenvalue weighted by molar-refractivity contribution is 0.102. The molecule has 0 aliphatic rings. The van der Waals surface area contributed by atoms with E-state index in [1.165, 1.54) is 6.07 Å². The fourth-order valence-corrected chi connectivity index (χ4v) is 3.18. The smallest absolute Gasteiger partial charge is 0.272 e. The predicted molar refractivity (Wildman–Crippen MR) is 106 cm³/mol. The number of rotatable bonds is 4. The molecule has 0 atom stereocenters. The van der Waals surface area contributed by atoms with Gasteiger partial charge in [0.1, 0.15) is 17.1 Å². The molecule has 0 unspecified atom stereocenters. The minimum Gasteiger partial charge on any atom is -0.497 e. The van der Waals surface area contributed by atoms with Crippen molar-refractivity contribution in [1.29, 1.82) is 0 Å². The van der Waals surface area contributed by atoms with Crippen LogP contribution in [0.5, 0.6) is 5.75 Å². The Morgan fingerprint density at radius 3 is 2.64 bits per heavy atom.